The van der Waals surface area contributed by atoms with Crippen molar-refractivity contribution in [2.45, 2.75) is 25.7 Å². The molecule has 0 aliphatic heterocycles. The molecule has 1 aromatic carbocycles. The molecule has 1 heterocycles. The van der Waals surface area contributed by atoms with Crippen LogP contribution < -0.4 is 0 Å². The van der Waals surface area contributed by atoms with Crippen molar-refractivity contribution in [2.75, 3.05) is 0 Å². The molecule has 82 valence electrons. The van der Waals surface area contributed by atoms with Gasteiger partial charge in [0.2, 0.25) is 0 Å². The van der Waals surface area contributed by atoms with Gasteiger partial charge in [-0.05, 0) is 52.1 Å². The first kappa shape index (κ1) is 10.5. The Balaban J connectivity index is 2.34. The SMILES string of the molecule is CC1(C)Cc2ccsc2-c2cc(Br)ccc21. The predicted molar refractivity (Wildman–Crippen MR) is 74.2 cm³/mol. The van der Waals surface area contributed by atoms with Crippen molar-refractivity contribution in [2.24, 2.45) is 0 Å². The highest BCUT2D eigenvalue weighted by molar-refractivity contribution is 9.10. The lowest BCUT2D eigenvalue weighted by Gasteiger charge is -2.32. The molecule has 0 fully saturated rings. The lowest BCUT2D eigenvalue weighted by molar-refractivity contribution is 0.518. The van der Waals surface area contributed by atoms with Crippen LogP contribution in [0.15, 0.2) is 34.1 Å². The van der Waals surface area contributed by atoms with Gasteiger partial charge in [-0.25, -0.2) is 0 Å². The number of hydrogen-bond donors (Lipinski definition) is 0. The Bertz CT molecular complexity index is 552. The van der Waals surface area contributed by atoms with E-state index >= 15 is 0 Å². The fraction of sp³-hybridized carbons (Fsp3) is 0.286. The van der Waals surface area contributed by atoms with Gasteiger partial charge < -0.3 is 0 Å². The molecule has 0 unspecified atom stereocenters. The van der Waals surface area contributed by atoms with Gasteiger partial charge in [-0.15, -0.1) is 11.3 Å². The summed E-state index contributed by atoms with van der Waals surface area (Å²) in [6.07, 6.45) is 1.15. The minimum absolute atomic E-state index is 0.254. The molecule has 2 heteroatoms. The summed E-state index contributed by atoms with van der Waals surface area (Å²) < 4.78 is 1.17. The van der Waals surface area contributed by atoms with E-state index in [0.29, 0.717) is 0 Å². The third kappa shape index (κ3) is 1.47. The molecule has 0 bridgehead atoms. The van der Waals surface area contributed by atoms with E-state index in [2.05, 4.69) is 59.4 Å². The summed E-state index contributed by atoms with van der Waals surface area (Å²) in [5.74, 6) is 0. The third-order valence-corrected chi connectivity index (χ3v) is 4.82. The van der Waals surface area contributed by atoms with E-state index in [1.807, 2.05) is 11.3 Å². The Morgan fingerprint density at radius 2 is 2.06 bits per heavy atom. The molecule has 0 N–H and O–H groups in total. The standard InChI is InChI=1S/C14H13BrS/c1-14(2)8-9-5-6-16-13(9)11-7-10(15)3-4-12(11)14/h3-7H,8H2,1-2H3. The second-order valence-electron chi connectivity index (χ2n) is 5.03. The quantitative estimate of drug-likeness (QED) is 0.640. The van der Waals surface area contributed by atoms with Crippen LogP contribution in [-0.2, 0) is 11.8 Å². The molecule has 0 atom stereocenters. The second-order valence-corrected chi connectivity index (χ2v) is 6.86. The van der Waals surface area contributed by atoms with Crippen LogP contribution in [0.25, 0.3) is 10.4 Å². The minimum atomic E-state index is 0.254. The molecule has 3 rings (SSSR count). The average molecular weight is 293 g/mol. The minimum Gasteiger partial charge on any atom is -0.144 e. The van der Waals surface area contributed by atoms with Crippen molar-refractivity contribution in [3.8, 4) is 10.4 Å². The summed E-state index contributed by atoms with van der Waals surface area (Å²) in [5, 5.41) is 2.21. The van der Waals surface area contributed by atoms with E-state index in [4.69, 9.17) is 0 Å². The number of hydrogen-bond acceptors (Lipinski definition) is 1. The predicted octanol–water partition coefficient (Wildman–Crippen LogP) is 5.01. The van der Waals surface area contributed by atoms with Crippen molar-refractivity contribution in [3.05, 3.63) is 45.2 Å². The van der Waals surface area contributed by atoms with Gasteiger partial charge in [-0.1, -0.05) is 35.8 Å². The molecular formula is C14H13BrS. The van der Waals surface area contributed by atoms with Gasteiger partial charge in [-0.3, -0.25) is 0 Å². The summed E-state index contributed by atoms with van der Waals surface area (Å²) in [7, 11) is 0. The monoisotopic (exact) mass is 292 g/mol. The average Bonchev–Trinajstić information content (AvgIpc) is 2.64. The van der Waals surface area contributed by atoms with Gasteiger partial charge in [0.15, 0.2) is 0 Å². The van der Waals surface area contributed by atoms with Crippen LogP contribution in [0.5, 0.6) is 0 Å². The number of benzene rings is 1. The molecule has 1 aromatic heterocycles. The van der Waals surface area contributed by atoms with Crippen LogP contribution in [0.1, 0.15) is 25.0 Å². The molecule has 0 nitrogen and oxygen atoms in total. The Morgan fingerprint density at radius 3 is 2.88 bits per heavy atom. The Morgan fingerprint density at radius 1 is 1.25 bits per heavy atom. The van der Waals surface area contributed by atoms with Crippen LogP contribution in [0.4, 0.5) is 0 Å². The Labute approximate surface area is 108 Å². The molecule has 0 saturated heterocycles. The number of thiophene rings is 1. The maximum absolute atomic E-state index is 3.57. The van der Waals surface area contributed by atoms with Crippen molar-refractivity contribution >= 4 is 27.3 Å². The fourth-order valence-corrected chi connectivity index (χ4v) is 3.89. The Hall–Kier alpha value is -0.600. The summed E-state index contributed by atoms with van der Waals surface area (Å²) >= 11 is 5.43. The van der Waals surface area contributed by atoms with E-state index < -0.39 is 0 Å². The third-order valence-electron chi connectivity index (χ3n) is 3.33. The molecule has 0 amide bonds. The maximum atomic E-state index is 3.57. The summed E-state index contributed by atoms with van der Waals surface area (Å²) in [6, 6.07) is 8.94. The van der Waals surface area contributed by atoms with Gasteiger partial charge >= 0.3 is 0 Å². The molecule has 0 saturated carbocycles. The van der Waals surface area contributed by atoms with E-state index in [-0.39, 0.29) is 5.41 Å². The molecular weight excluding hydrogens is 280 g/mol. The molecule has 1 aliphatic carbocycles. The summed E-state index contributed by atoms with van der Waals surface area (Å²) in [5.41, 5.74) is 4.64. The van der Waals surface area contributed by atoms with Gasteiger partial charge in [0.1, 0.15) is 0 Å². The number of fused-ring (bicyclic) bond motifs is 3. The van der Waals surface area contributed by atoms with Crippen molar-refractivity contribution < 1.29 is 0 Å². The maximum Gasteiger partial charge on any atom is 0.0378 e. The van der Waals surface area contributed by atoms with Gasteiger partial charge in [-0.2, -0.15) is 0 Å². The second kappa shape index (κ2) is 3.44. The highest BCUT2D eigenvalue weighted by atomic mass is 79.9. The largest absolute Gasteiger partial charge is 0.144 e. The fourth-order valence-electron chi connectivity index (χ4n) is 2.58. The van der Waals surface area contributed by atoms with Crippen molar-refractivity contribution in [3.63, 3.8) is 0 Å². The summed E-state index contributed by atoms with van der Waals surface area (Å²) in [4.78, 5) is 1.45. The van der Waals surface area contributed by atoms with E-state index in [0.717, 1.165) is 6.42 Å². The van der Waals surface area contributed by atoms with Gasteiger partial charge in [0.25, 0.3) is 0 Å². The molecule has 0 spiro atoms. The van der Waals surface area contributed by atoms with Crippen LogP contribution in [0.2, 0.25) is 0 Å². The number of rotatable bonds is 0. The Kier molecular flexibility index (Phi) is 2.27. The van der Waals surface area contributed by atoms with Crippen LogP contribution in [0.3, 0.4) is 0 Å². The molecule has 1 aliphatic rings. The highest BCUT2D eigenvalue weighted by Crippen LogP contribution is 2.46. The first-order chi connectivity index (χ1) is 7.58. The zero-order valence-electron chi connectivity index (χ0n) is 9.38. The zero-order chi connectivity index (χ0) is 11.3. The topological polar surface area (TPSA) is 0 Å². The lowest BCUT2D eigenvalue weighted by Crippen LogP contribution is -2.24. The van der Waals surface area contributed by atoms with E-state index in [1.165, 1.54) is 26.0 Å². The number of halogens is 1. The highest BCUT2D eigenvalue weighted by Gasteiger charge is 2.31. The van der Waals surface area contributed by atoms with Crippen LogP contribution in [-0.4, -0.2) is 0 Å². The molecule has 2 aromatic rings. The van der Waals surface area contributed by atoms with E-state index in [9.17, 15) is 0 Å². The zero-order valence-corrected chi connectivity index (χ0v) is 11.8. The lowest BCUT2D eigenvalue weighted by atomic mass is 9.73. The normalized spacial score (nSPS) is 16.7. The van der Waals surface area contributed by atoms with Crippen LogP contribution >= 0.6 is 27.3 Å². The first-order valence-corrected chi connectivity index (χ1v) is 7.12. The van der Waals surface area contributed by atoms with Crippen molar-refractivity contribution in [1.82, 2.24) is 0 Å². The summed E-state index contributed by atoms with van der Waals surface area (Å²) in [6.45, 7) is 4.67. The van der Waals surface area contributed by atoms with Crippen LogP contribution in [0, 0.1) is 0 Å². The van der Waals surface area contributed by atoms with Gasteiger partial charge in [0.05, 0.1) is 0 Å². The molecule has 0 radical (unpaired) electrons. The molecule has 16 heavy (non-hydrogen) atoms. The first-order valence-electron chi connectivity index (χ1n) is 5.45. The van der Waals surface area contributed by atoms with Crippen molar-refractivity contribution in [1.29, 1.82) is 0 Å². The smallest absolute Gasteiger partial charge is 0.0378 e. The van der Waals surface area contributed by atoms with Gasteiger partial charge in [0, 0.05) is 9.35 Å². The van der Waals surface area contributed by atoms with E-state index in [1.54, 1.807) is 0 Å².